The van der Waals surface area contributed by atoms with Gasteiger partial charge < -0.3 is 9.84 Å². The van der Waals surface area contributed by atoms with Crippen LogP contribution in [0.5, 0.6) is 11.6 Å². The molecular weight excluding hydrogens is 409 g/mol. The number of benzene rings is 1. The van der Waals surface area contributed by atoms with Gasteiger partial charge >= 0.3 is 0 Å². The molecule has 0 radical (unpaired) electrons. The van der Waals surface area contributed by atoms with Gasteiger partial charge in [0.05, 0.1) is 5.56 Å². The van der Waals surface area contributed by atoms with Crippen LogP contribution in [0.1, 0.15) is 18.1 Å². The number of hydrogen-bond donors (Lipinski definition) is 1. The third kappa shape index (κ3) is 1.85. The van der Waals surface area contributed by atoms with Crippen molar-refractivity contribution in [3.63, 3.8) is 0 Å². The van der Waals surface area contributed by atoms with Crippen LogP contribution in [0, 0.1) is 3.57 Å². The van der Waals surface area contributed by atoms with Crippen LogP contribution in [0.15, 0.2) is 34.9 Å². The SMILES string of the molecule is C[C@]1(O)c2cc(I)ccc2Oc2ncc(Br)cc21. The third-order valence-electron chi connectivity index (χ3n) is 3.01. The number of hydrogen-bond acceptors (Lipinski definition) is 3. The van der Waals surface area contributed by atoms with Crippen molar-refractivity contribution in [1.82, 2.24) is 4.98 Å². The predicted octanol–water partition coefficient (Wildman–Crippen LogP) is 3.81. The van der Waals surface area contributed by atoms with Crippen molar-refractivity contribution in [3.05, 3.63) is 49.6 Å². The molecule has 0 fully saturated rings. The quantitative estimate of drug-likeness (QED) is 0.663. The van der Waals surface area contributed by atoms with E-state index in [0.717, 1.165) is 13.6 Å². The Labute approximate surface area is 126 Å². The molecule has 3 rings (SSSR count). The Kier molecular flexibility index (Phi) is 2.87. The molecule has 1 aromatic carbocycles. The molecule has 0 unspecified atom stereocenters. The van der Waals surface area contributed by atoms with Crippen LogP contribution >= 0.6 is 38.5 Å². The molecule has 0 saturated carbocycles. The maximum Gasteiger partial charge on any atom is 0.225 e. The van der Waals surface area contributed by atoms with Crippen molar-refractivity contribution in [2.24, 2.45) is 0 Å². The van der Waals surface area contributed by atoms with E-state index in [1.807, 2.05) is 24.3 Å². The van der Waals surface area contributed by atoms with E-state index < -0.39 is 5.60 Å². The number of fused-ring (bicyclic) bond motifs is 2. The highest BCUT2D eigenvalue weighted by molar-refractivity contribution is 14.1. The normalized spacial score (nSPS) is 20.9. The number of ether oxygens (including phenoxy) is 1. The first kappa shape index (κ1) is 12.4. The van der Waals surface area contributed by atoms with E-state index in [0.29, 0.717) is 17.2 Å². The van der Waals surface area contributed by atoms with Gasteiger partial charge in [-0.05, 0) is 69.7 Å². The zero-order valence-electron chi connectivity index (χ0n) is 9.45. The average Bonchev–Trinajstić information content (AvgIpc) is 2.32. The van der Waals surface area contributed by atoms with Crippen molar-refractivity contribution in [3.8, 4) is 11.6 Å². The van der Waals surface area contributed by atoms with Gasteiger partial charge in [-0.1, -0.05) is 0 Å². The largest absolute Gasteiger partial charge is 0.438 e. The lowest BCUT2D eigenvalue weighted by molar-refractivity contribution is 0.0887. The molecule has 3 nitrogen and oxygen atoms in total. The summed E-state index contributed by atoms with van der Waals surface area (Å²) in [5.74, 6) is 1.11. The van der Waals surface area contributed by atoms with E-state index in [-0.39, 0.29) is 0 Å². The van der Waals surface area contributed by atoms with Gasteiger partial charge in [0, 0.05) is 19.8 Å². The number of halogens is 2. The Balaban J connectivity index is 2.27. The standard InChI is InChI=1S/C13H9BrINO2/c1-13(17)9-5-8(15)2-3-11(9)18-12-10(13)4-7(14)6-16-12/h2-6,17H,1H3/t13-/m0/s1. The van der Waals surface area contributed by atoms with E-state index in [1.54, 1.807) is 13.1 Å². The highest BCUT2D eigenvalue weighted by Gasteiger charge is 2.37. The summed E-state index contributed by atoms with van der Waals surface area (Å²) in [6.45, 7) is 1.76. The topological polar surface area (TPSA) is 42.4 Å². The van der Waals surface area contributed by atoms with Crippen LogP contribution < -0.4 is 4.74 Å². The van der Waals surface area contributed by atoms with Gasteiger partial charge in [0.2, 0.25) is 5.88 Å². The molecule has 0 spiro atoms. The van der Waals surface area contributed by atoms with E-state index in [1.165, 1.54) is 0 Å². The fourth-order valence-corrected chi connectivity index (χ4v) is 2.90. The number of pyridine rings is 1. The molecular formula is C13H9BrINO2. The maximum absolute atomic E-state index is 10.8. The highest BCUT2D eigenvalue weighted by atomic mass is 127. The van der Waals surface area contributed by atoms with Crippen LogP contribution in [0.4, 0.5) is 0 Å². The molecule has 0 saturated heterocycles. The number of aliphatic hydroxyl groups is 1. The van der Waals surface area contributed by atoms with Gasteiger partial charge in [0.25, 0.3) is 0 Å². The van der Waals surface area contributed by atoms with Crippen LogP contribution in [-0.2, 0) is 5.60 Å². The van der Waals surface area contributed by atoms with E-state index in [4.69, 9.17) is 4.74 Å². The number of rotatable bonds is 0. The molecule has 0 amide bonds. The summed E-state index contributed by atoms with van der Waals surface area (Å²) in [4.78, 5) is 4.20. The Bertz CT molecular complexity index is 589. The minimum absolute atomic E-state index is 0.455. The second-order valence-electron chi connectivity index (χ2n) is 4.32. The summed E-state index contributed by atoms with van der Waals surface area (Å²) in [5.41, 5.74) is 0.342. The molecule has 2 heterocycles. The summed E-state index contributed by atoms with van der Waals surface area (Å²) in [5, 5.41) is 10.8. The average molecular weight is 418 g/mol. The van der Waals surface area contributed by atoms with Gasteiger partial charge in [-0.15, -0.1) is 0 Å². The zero-order chi connectivity index (χ0) is 12.9. The van der Waals surface area contributed by atoms with Crippen molar-refractivity contribution in [2.75, 3.05) is 0 Å². The first-order valence-electron chi connectivity index (χ1n) is 5.35. The van der Waals surface area contributed by atoms with Gasteiger partial charge in [0.15, 0.2) is 0 Å². The van der Waals surface area contributed by atoms with Crippen molar-refractivity contribution in [2.45, 2.75) is 12.5 Å². The molecule has 2 aromatic rings. The molecule has 1 aromatic heterocycles. The minimum Gasteiger partial charge on any atom is -0.438 e. The van der Waals surface area contributed by atoms with Crippen LogP contribution in [0.2, 0.25) is 0 Å². The fourth-order valence-electron chi connectivity index (χ4n) is 2.08. The van der Waals surface area contributed by atoms with E-state index in [9.17, 15) is 5.11 Å². The van der Waals surface area contributed by atoms with Crippen LogP contribution in [0.25, 0.3) is 0 Å². The summed E-state index contributed by atoms with van der Waals surface area (Å²) >= 11 is 5.58. The highest BCUT2D eigenvalue weighted by Crippen LogP contribution is 2.46. The maximum atomic E-state index is 10.8. The Morgan fingerprint density at radius 3 is 2.89 bits per heavy atom. The third-order valence-corrected chi connectivity index (χ3v) is 4.12. The minimum atomic E-state index is -1.10. The fraction of sp³-hybridized carbons (Fsp3) is 0.154. The van der Waals surface area contributed by atoms with Gasteiger partial charge in [0.1, 0.15) is 11.4 Å². The molecule has 1 aliphatic rings. The zero-order valence-corrected chi connectivity index (χ0v) is 13.2. The van der Waals surface area contributed by atoms with E-state index >= 15 is 0 Å². The lowest BCUT2D eigenvalue weighted by Gasteiger charge is -2.32. The molecule has 1 N–H and O–H groups in total. The molecule has 0 bridgehead atoms. The monoisotopic (exact) mass is 417 g/mol. The molecule has 18 heavy (non-hydrogen) atoms. The number of nitrogens with zero attached hydrogens (tertiary/aromatic N) is 1. The second kappa shape index (κ2) is 4.18. The van der Waals surface area contributed by atoms with E-state index in [2.05, 4.69) is 43.5 Å². The molecule has 1 aliphatic heterocycles. The second-order valence-corrected chi connectivity index (χ2v) is 6.48. The van der Waals surface area contributed by atoms with Crippen molar-refractivity contribution < 1.29 is 9.84 Å². The Morgan fingerprint density at radius 1 is 1.33 bits per heavy atom. The molecule has 92 valence electrons. The van der Waals surface area contributed by atoms with Crippen LogP contribution in [0.3, 0.4) is 0 Å². The smallest absolute Gasteiger partial charge is 0.225 e. The molecule has 0 aliphatic carbocycles. The predicted molar refractivity (Wildman–Crippen MR) is 79.8 cm³/mol. The summed E-state index contributed by atoms with van der Waals surface area (Å²) in [6.07, 6.45) is 1.66. The Hall–Kier alpha value is -0.660. The van der Waals surface area contributed by atoms with Gasteiger partial charge in [-0.2, -0.15) is 0 Å². The first-order chi connectivity index (χ1) is 8.48. The Morgan fingerprint density at radius 2 is 2.11 bits per heavy atom. The molecule has 5 heteroatoms. The number of aromatic nitrogens is 1. The molecule has 1 atom stereocenters. The first-order valence-corrected chi connectivity index (χ1v) is 7.22. The van der Waals surface area contributed by atoms with Crippen molar-refractivity contribution >= 4 is 38.5 Å². The lowest BCUT2D eigenvalue weighted by Crippen LogP contribution is -2.28. The summed E-state index contributed by atoms with van der Waals surface area (Å²) < 4.78 is 7.60. The summed E-state index contributed by atoms with van der Waals surface area (Å²) in [7, 11) is 0. The van der Waals surface area contributed by atoms with Gasteiger partial charge in [-0.25, -0.2) is 4.98 Å². The van der Waals surface area contributed by atoms with Crippen LogP contribution in [-0.4, -0.2) is 10.1 Å². The van der Waals surface area contributed by atoms with Crippen molar-refractivity contribution in [1.29, 1.82) is 0 Å². The van der Waals surface area contributed by atoms with Gasteiger partial charge in [-0.3, -0.25) is 0 Å². The lowest BCUT2D eigenvalue weighted by atomic mass is 9.86. The summed E-state index contributed by atoms with van der Waals surface area (Å²) in [6, 6.07) is 7.57.